The van der Waals surface area contributed by atoms with Crippen LogP contribution >= 0.6 is 0 Å². The molecular formula is C15H30BNO2. The Balaban J connectivity index is 0.000000637. The van der Waals surface area contributed by atoms with Crippen molar-refractivity contribution in [2.24, 2.45) is 23.0 Å². The first-order valence-electron chi connectivity index (χ1n) is 8.02. The molecular weight excluding hydrogens is 237 g/mol. The van der Waals surface area contributed by atoms with Crippen LogP contribution in [-0.4, -0.2) is 25.4 Å². The van der Waals surface area contributed by atoms with Crippen LogP contribution in [0.15, 0.2) is 0 Å². The van der Waals surface area contributed by atoms with Crippen molar-refractivity contribution < 1.29 is 9.31 Å². The molecule has 1 saturated heterocycles. The predicted molar refractivity (Wildman–Crippen MR) is 79.9 cm³/mol. The third kappa shape index (κ3) is 2.26. The monoisotopic (exact) mass is 267 g/mol. The second kappa shape index (κ2) is 5.38. The van der Waals surface area contributed by atoms with Crippen molar-refractivity contribution in [1.29, 1.82) is 0 Å². The topological polar surface area (TPSA) is 44.5 Å². The second-order valence-electron chi connectivity index (χ2n) is 6.83. The van der Waals surface area contributed by atoms with Crippen molar-refractivity contribution in [3.63, 3.8) is 0 Å². The third-order valence-corrected chi connectivity index (χ3v) is 5.65. The van der Waals surface area contributed by atoms with Crippen molar-refractivity contribution in [2.45, 2.75) is 71.9 Å². The summed E-state index contributed by atoms with van der Waals surface area (Å²) in [6.45, 7) is 11.8. The fraction of sp³-hybridized carbons (Fsp3) is 1.00. The zero-order chi connectivity index (χ0) is 14.3. The molecule has 1 aliphatic heterocycles. The highest BCUT2D eigenvalue weighted by Gasteiger charge is 2.67. The molecule has 2 bridgehead atoms. The van der Waals surface area contributed by atoms with Gasteiger partial charge in [0, 0.05) is 0 Å². The highest BCUT2D eigenvalue weighted by Crippen LogP contribution is 2.65. The first-order chi connectivity index (χ1) is 8.98. The quantitative estimate of drug-likeness (QED) is 0.799. The Morgan fingerprint density at radius 3 is 2.47 bits per heavy atom. The van der Waals surface area contributed by atoms with E-state index in [9.17, 15) is 0 Å². The first kappa shape index (κ1) is 15.3. The van der Waals surface area contributed by atoms with Crippen molar-refractivity contribution >= 4 is 7.12 Å². The lowest BCUT2D eigenvalue weighted by Crippen LogP contribution is -2.65. The van der Waals surface area contributed by atoms with Gasteiger partial charge in [-0.1, -0.05) is 27.7 Å². The Kier molecular flexibility index (Phi) is 4.34. The van der Waals surface area contributed by atoms with Crippen LogP contribution < -0.4 is 5.73 Å². The third-order valence-electron chi connectivity index (χ3n) is 5.65. The van der Waals surface area contributed by atoms with Crippen molar-refractivity contribution in [2.75, 3.05) is 6.54 Å². The molecule has 1 heterocycles. The molecule has 3 nitrogen and oxygen atoms in total. The summed E-state index contributed by atoms with van der Waals surface area (Å²) in [6, 6.07) is 0. The van der Waals surface area contributed by atoms with E-state index in [0.29, 0.717) is 17.4 Å². The highest BCUT2D eigenvalue weighted by atomic mass is 16.7. The summed E-state index contributed by atoms with van der Waals surface area (Å²) >= 11 is 0. The molecule has 4 aliphatic rings. The zero-order valence-corrected chi connectivity index (χ0v) is 13.2. The van der Waals surface area contributed by atoms with Gasteiger partial charge in [0.05, 0.1) is 11.7 Å². The highest BCUT2D eigenvalue weighted by molar-refractivity contribution is 6.45. The minimum Gasteiger partial charge on any atom is -0.405 e. The van der Waals surface area contributed by atoms with Crippen LogP contribution in [0.5, 0.6) is 0 Å². The van der Waals surface area contributed by atoms with E-state index in [2.05, 4.69) is 20.8 Å². The predicted octanol–water partition coefficient (Wildman–Crippen LogP) is 3.09. The summed E-state index contributed by atoms with van der Waals surface area (Å²) < 4.78 is 12.3. The fourth-order valence-electron chi connectivity index (χ4n) is 4.36. The normalized spacial score (nSPS) is 42.0. The fourth-order valence-corrected chi connectivity index (χ4v) is 4.36. The largest absolute Gasteiger partial charge is 0.457 e. The maximum atomic E-state index is 6.26. The van der Waals surface area contributed by atoms with E-state index >= 15 is 0 Å². The summed E-state index contributed by atoms with van der Waals surface area (Å²) in [7, 11) is -0.0105. The molecule has 0 radical (unpaired) electrons. The molecule has 4 atom stereocenters. The van der Waals surface area contributed by atoms with Crippen LogP contribution in [0.25, 0.3) is 0 Å². The molecule has 2 N–H and O–H groups in total. The molecule has 4 rings (SSSR count). The van der Waals surface area contributed by atoms with E-state index < -0.39 is 0 Å². The standard InChI is InChI=1S/C13H24BNO2.C2H6/c1-12(2)9-7-10(12)13(3)11(8-9)16-14(17-13)5-4-6-15;1-2/h9-11H,4-8,15H2,1-3H3;1-2H3. The molecule has 3 aliphatic carbocycles. The number of hydrogen-bond donors (Lipinski definition) is 1. The van der Waals surface area contributed by atoms with Gasteiger partial charge in [0.2, 0.25) is 0 Å². The Bertz CT molecular complexity index is 323. The maximum absolute atomic E-state index is 6.26. The van der Waals surface area contributed by atoms with Crippen LogP contribution in [0.4, 0.5) is 0 Å². The summed E-state index contributed by atoms with van der Waals surface area (Å²) in [5.74, 6) is 1.50. The second-order valence-corrected chi connectivity index (χ2v) is 6.83. The summed E-state index contributed by atoms with van der Waals surface area (Å²) in [5, 5.41) is 0. The van der Waals surface area contributed by atoms with Gasteiger partial charge in [-0.15, -0.1) is 0 Å². The molecule has 0 amide bonds. The summed E-state index contributed by atoms with van der Waals surface area (Å²) in [6.07, 6.45) is 4.76. The summed E-state index contributed by atoms with van der Waals surface area (Å²) in [5.41, 5.74) is 5.95. The van der Waals surface area contributed by atoms with Crippen LogP contribution in [-0.2, 0) is 9.31 Å². The number of nitrogens with two attached hydrogens (primary N) is 1. The molecule has 3 saturated carbocycles. The molecule has 0 spiro atoms. The zero-order valence-electron chi connectivity index (χ0n) is 13.2. The molecule has 4 heteroatoms. The van der Waals surface area contributed by atoms with E-state index in [1.807, 2.05) is 13.8 Å². The van der Waals surface area contributed by atoms with E-state index in [0.717, 1.165) is 25.2 Å². The van der Waals surface area contributed by atoms with Crippen molar-refractivity contribution in [3.05, 3.63) is 0 Å². The lowest BCUT2D eigenvalue weighted by molar-refractivity contribution is -0.199. The lowest BCUT2D eigenvalue weighted by Gasteiger charge is -2.64. The maximum Gasteiger partial charge on any atom is 0.457 e. The molecule has 4 unspecified atom stereocenters. The van der Waals surface area contributed by atoms with Crippen LogP contribution in [0.2, 0.25) is 6.32 Å². The molecule has 0 aromatic heterocycles. The van der Waals surface area contributed by atoms with Gasteiger partial charge in [0.15, 0.2) is 0 Å². The van der Waals surface area contributed by atoms with Crippen LogP contribution in [0.1, 0.15) is 53.9 Å². The first-order valence-corrected chi connectivity index (χ1v) is 8.02. The van der Waals surface area contributed by atoms with Gasteiger partial charge in [-0.05, 0) is 56.3 Å². The minimum atomic E-state index is -0.0441. The SMILES string of the molecule is CC.CC1(C)C2CC3OB(CCCN)OC3(C)C1C2. The minimum absolute atomic E-state index is 0.0105. The van der Waals surface area contributed by atoms with Crippen LogP contribution in [0.3, 0.4) is 0 Å². The molecule has 0 aromatic rings. The van der Waals surface area contributed by atoms with Crippen molar-refractivity contribution in [3.8, 4) is 0 Å². The smallest absolute Gasteiger partial charge is 0.405 e. The van der Waals surface area contributed by atoms with Crippen LogP contribution in [0, 0.1) is 17.3 Å². The average molecular weight is 267 g/mol. The Morgan fingerprint density at radius 2 is 1.89 bits per heavy atom. The van der Waals surface area contributed by atoms with E-state index in [1.54, 1.807) is 0 Å². The van der Waals surface area contributed by atoms with Gasteiger partial charge in [-0.25, -0.2) is 0 Å². The Hall–Kier alpha value is -0.0551. The van der Waals surface area contributed by atoms with Crippen molar-refractivity contribution in [1.82, 2.24) is 0 Å². The molecule has 4 fully saturated rings. The van der Waals surface area contributed by atoms with E-state index in [-0.39, 0.29) is 12.7 Å². The average Bonchev–Trinajstić information content (AvgIpc) is 2.74. The van der Waals surface area contributed by atoms with E-state index in [1.165, 1.54) is 12.8 Å². The van der Waals surface area contributed by atoms with Gasteiger partial charge in [-0.3, -0.25) is 0 Å². The van der Waals surface area contributed by atoms with Gasteiger partial charge < -0.3 is 15.0 Å². The summed E-state index contributed by atoms with van der Waals surface area (Å²) in [4.78, 5) is 0. The number of rotatable bonds is 3. The van der Waals surface area contributed by atoms with Gasteiger partial charge in [0.1, 0.15) is 0 Å². The molecule has 19 heavy (non-hydrogen) atoms. The molecule has 110 valence electrons. The van der Waals surface area contributed by atoms with E-state index in [4.69, 9.17) is 15.0 Å². The Morgan fingerprint density at radius 1 is 1.21 bits per heavy atom. The number of hydrogen-bond acceptors (Lipinski definition) is 3. The van der Waals surface area contributed by atoms with Gasteiger partial charge >= 0.3 is 7.12 Å². The Labute approximate surface area is 118 Å². The lowest BCUT2D eigenvalue weighted by atomic mass is 9.43. The van der Waals surface area contributed by atoms with Gasteiger partial charge in [0.25, 0.3) is 0 Å². The molecule has 0 aromatic carbocycles. The van der Waals surface area contributed by atoms with Gasteiger partial charge in [-0.2, -0.15) is 0 Å².